The molecule has 4 amide bonds. The van der Waals surface area contributed by atoms with Crippen LogP contribution in [-0.2, 0) is 38.1 Å². The number of rotatable bonds is 18. The van der Waals surface area contributed by atoms with Gasteiger partial charge in [0.15, 0.2) is 0 Å². The number of carboxylic acid groups (broad SMARTS) is 1. The van der Waals surface area contributed by atoms with Crippen molar-refractivity contribution >= 4 is 36.4 Å². The first-order valence-corrected chi connectivity index (χ1v) is 30.8. The van der Waals surface area contributed by atoms with E-state index in [2.05, 4.69) is 81.9 Å². The lowest BCUT2D eigenvalue weighted by Gasteiger charge is -2.31. The molecule has 3 aliphatic carbocycles. The Hall–Kier alpha value is -8.38. The molecular formula is C71H85N5O12. The molecule has 11 rings (SSSR count). The number of carboxylic acids is 1. The zero-order valence-corrected chi connectivity index (χ0v) is 51.4. The highest BCUT2D eigenvalue weighted by Gasteiger charge is 2.34. The van der Waals surface area contributed by atoms with Crippen molar-refractivity contribution in [2.75, 3.05) is 72.4 Å². The summed E-state index contributed by atoms with van der Waals surface area (Å²) in [5.41, 5.74) is 14.0. The number of ether oxygens (including phenoxy) is 5. The van der Waals surface area contributed by atoms with Crippen LogP contribution >= 0.6 is 0 Å². The fourth-order valence-corrected chi connectivity index (χ4v) is 11.9. The van der Waals surface area contributed by atoms with E-state index in [0.29, 0.717) is 51.5 Å². The number of aldehydes is 1. The lowest BCUT2D eigenvalue weighted by atomic mass is 9.98. The standard InChI is InChI=1S/C25H30N2O4.C21H23NO4.C21H23NO3.C4H9NO/c1-17(2)15-23(24(28)27-11-13-30-14-12-27)26-25(29)31-16-22-20-9-5-3-7-18(20)19-8-4-6-10-21(19)22;1-13(2)11-19(20(23)24)22-21(25)26-12-18-16-9-5-3-7-14(16)15-8-4-6-10-17(15)18;1-14(2)11-15(12-23)22-21(24)25-13-20-18-9-5-3-7-16(18)17-8-4-6-10-19(17)20;1-3-6-4-2-5-1/h3-10,17,22-23H,11-16H2,1-2H3,(H,26,29);3-10,13,18-19H,11-12H2,1-2H3,(H,22,25)(H,23,24);3-10,12,14-15,20H,11,13H2,1-2H3,(H,22,24);5H,1-4H2/t23-;19-;15-;/m000./s1. The Morgan fingerprint density at radius 1 is 0.477 bits per heavy atom. The highest BCUT2D eigenvalue weighted by atomic mass is 16.6. The Morgan fingerprint density at radius 3 is 1.08 bits per heavy atom. The third-order valence-electron chi connectivity index (χ3n) is 16.0. The number of hydrogen-bond acceptors (Lipinski definition) is 12. The summed E-state index contributed by atoms with van der Waals surface area (Å²) in [7, 11) is 0. The summed E-state index contributed by atoms with van der Waals surface area (Å²) in [6, 6.07) is 47.0. The Kier molecular flexibility index (Phi) is 24.3. The van der Waals surface area contributed by atoms with Crippen LogP contribution in [0.3, 0.4) is 0 Å². The Labute approximate surface area is 517 Å². The molecule has 6 aromatic rings. The number of nitrogens with one attached hydrogen (secondary N) is 4. The van der Waals surface area contributed by atoms with Gasteiger partial charge < -0.3 is 59.8 Å². The minimum atomic E-state index is -1.05. The average molecular weight is 1200 g/mol. The fourth-order valence-electron chi connectivity index (χ4n) is 11.9. The van der Waals surface area contributed by atoms with Gasteiger partial charge in [-0.05, 0) is 104 Å². The van der Waals surface area contributed by atoms with Crippen molar-refractivity contribution in [2.45, 2.75) is 96.7 Å². The molecule has 2 heterocycles. The van der Waals surface area contributed by atoms with Crippen LogP contribution in [0.15, 0.2) is 146 Å². The first kappa shape index (κ1) is 65.6. The maximum atomic E-state index is 13.0. The number of alkyl carbamates (subject to hydrolysis) is 3. The Morgan fingerprint density at radius 2 is 0.784 bits per heavy atom. The van der Waals surface area contributed by atoms with E-state index >= 15 is 0 Å². The minimum Gasteiger partial charge on any atom is -0.480 e. The van der Waals surface area contributed by atoms with E-state index in [-0.39, 0.29) is 55.3 Å². The van der Waals surface area contributed by atoms with Crippen LogP contribution < -0.4 is 21.3 Å². The van der Waals surface area contributed by atoms with E-state index < -0.39 is 42.4 Å². The Bertz CT molecular complexity index is 3150. The normalized spacial score (nSPS) is 15.5. The third-order valence-corrected chi connectivity index (χ3v) is 16.0. The minimum absolute atomic E-state index is 0.00311. The van der Waals surface area contributed by atoms with Crippen LogP contribution in [0.5, 0.6) is 0 Å². The molecular weight excluding hydrogens is 1110 g/mol. The SMILES string of the molecule is C1COCCN1.CC(C)C[C@@H](C=O)NC(=O)OCC1c2ccccc2-c2ccccc21.CC(C)C[C@H](NC(=O)OCC1c2ccccc2-c2ccccc21)C(=O)N1CCOCC1.CC(C)C[C@H](NC(=O)OCC1c2ccccc2-c2ccccc21)C(=O)O. The van der Waals surface area contributed by atoms with E-state index in [1.807, 2.05) is 126 Å². The second kappa shape index (κ2) is 32.6. The number of amides is 4. The molecule has 17 heteroatoms. The van der Waals surface area contributed by atoms with E-state index in [0.717, 1.165) is 54.8 Å². The molecule has 0 unspecified atom stereocenters. The zero-order valence-electron chi connectivity index (χ0n) is 51.4. The summed E-state index contributed by atoms with van der Waals surface area (Å²) in [6.45, 7) is 18.6. The van der Waals surface area contributed by atoms with Crippen LogP contribution in [0.25, 0.3) is 33.4 Å². The molecule has 0 saturated carbocycles. The largest absolute Gasteiger partial charge is 0.480 e. The molecule has 0 spiro atoms. The molecule has 2 saturated heterocycles. The topological polar surface area (TPSA) is 220 Å². The number of carbonyl (C=O) groups is 6. The molecule has 0 radical (unpaired) electrons. The highest BCUT2D eigenvalue weighted by molar-refractivity contribution is 5.86. The maximum absolute atomic E-state index is 13.0. The van der Waals surface area contributed by atoms with Crippen LogP contribution in [0, 0.1) is 17.8 Å². The van der Waals surface area contributed by atoms with Gasteiger partial charge in [-0.2, -0.15) is 0 Å². The smallest absolute Gasteiger partial charge is 0.407 e. The third kappa shape index (κ3) is 17.7. The summed E-state index contributed by atoms with van der Waals surface area (Å²) in [6.07, 6.45) is 0.517. The van der Waals surface area contributed by atoms with Gasteiger partial charge in [-0.1, -0.05) is 187 Å². The van der Waals surface area contributed by atoms with Gasteiger partial charge in [0.2, 0.25) is 5.91 Å². The van der Waals surface area contributed by atoms with E-state index in [1.165, 1.54) is 44.5 Å². The first-order chi connectivity index (χ1) is 42.6. The molecule has 6 aromatic carbocycles. The van der Waals surface area contributed by atoms with E-state index in [4.69, 9.17) is 23.7 Å². The molecule has 466 valence electrons. The molecule has 88 heavy (non-hydrogen) atoms. The monoisotopic (exact) mass is 1200 g/mol. The van der Waals surface area contributed by atoms with Crippen LogP contribution in [-0.4, -0.2) is 137 Å². The molecule has 0 bridgehead atoms. The fraction of sp³-hybridized carbons (Fsp3) is 0.408. The summed E-state index contributed by atoms with van der Waals surface area (Å²) >= 11 is 0. The van der Waals surface area contributed by atoms with E-state index in [1.54, 1.807) is 4.90 Å². The van der Waals surface area contributed by atoms with Crippen molar-refractivity contribution < 1.29 is 57.6 Å². The van der Waals surface area contributed by atoms with Gasteiger partial charge in [0, 0.05) is 43.9 Å². The molecule has 3 atom stereocenters. The highest BCUT2D eigenvalue weighted by Crippen LogP contribution is 2.47. The number of nitrogens with zero attached hydrogens (tertiary/aromatic N) is 1. The molecule has 5 aliphatic rings. The van der Waals surface area contributed by atoms with Crippen molar-refractivity contribution in [3.63, 3.8) is 0 Å². The molecule has 0 aromatic heterocycles. The predicted octanol–water partition coefficient (Wildman–Crippen LogP) is 11.6. The second-order valence-electron chi connectivity index (χ2n) is 23.8. The quantitative estimate of drug-likeness (QED) is 0.0400. The van der Waals surface area contributed by atoms with Gasteiger partial charge in [-0.25, -0.2) is 19.2 Å². The molecule has 17 nitrogen and oxygen atoms in total. The van der Waals surface area contributed by atoms with Crippen molar-refractivity contribution in [1.29, 1.82) is 0 Å². The summed E-state index contributed by atoms with van der Waals surface area (Å²) in [5, 5.41) is 20.3. The summed E-state index contributed by atoms with van der Waals surface area (Å²) in [5.74, 6) is -0.383. The van der Waals surface area contributed by atoms with Crippen LogP contribution in [0.2, 0.25) is 0 Å². The summed E-state index contributed by atoms with van der Waals surface area (Å²) < 4.78 is 26.8. The van der Waals surface area contributed by atoms with E-state index in [9.17, 15) is 33.9 Å². The van der Waals surface area contributed by atoms with Gasteiger partial charge in [0.05, 0.1) is 32.5 Å². The number of morpholine rings is 2. The molecule has 2 fully saturated rings. The first-order valence-electron chi connectivity index (χ1n) is 30.8. The zero-order chi connectivity index (χ0) is 62.5. The number of fused-ring (bicyclic) bond motifs is 9. The van der Waals surface area contributed by atoms with Crippen molar-refractivity contribution in [1.82, 2.24) is 26.2 Å². The number of aliphatic carboxylic acids is 1. The number of benzene rings is 6. The van der Waals surface area contributed by atoms with Gasteiger partial charge in [-0.3, -0.25) is 4.79 Å². The maximum Gasteiger partial charge on any atom is 0.407 e. The summed E-state index contributed by atoms with van der Waals surface area (Å²) in [4.78, 5) is 74.0. The predicted molar refractivity (Wildman–Crippen MR) is 339 cm³/mol. The van der Waals surface area contributed by atoms with Gasteiger partial charge in [0.1, 0.15) is 38.2 Å². The number of hydrogen-bond donors (Lipinski definition) is 5. The van der Waals surface area contributed by atoms with Crippen molar-refractivity contribution in [2.24, 2.45) is 17.8 Å². The Balaban J connectivity index is 0.000000164. The lowest BCUT2D eigenvalue weighted by Crippen LogP contribution is -2.52. The van der Waals surface area contributed by atoms with Crippen molar-refractivity contribution in [3.05, 3.63) is 179 Å². The van der Waals surface area contributed by atoms with Gasteiger partial charge in [-0.15, -0.1) is 0 Å². The van der Waals surface area contributed by atoms with Crippen LogP contribution in [0.4, 0.5) is 14.4 Å². The average Bonchev–Trinajstić information content (AvgIpc) is 1.94. The van der Waals surface area contributed by atoms with Crippen molar-refractivity contribution in [3.8, 4) is 33.4 Å². The number of carbonyl (C=O) groups excluding carboxylic acids is 5. The molecule has 5 N–H and O–H groups in total. The van der Waals surface area contributed by atoms with Gasteiger partial charge in [0.25, 0.3) is 0 Å². The lowest BCUT2D eigenvalue weighted by molar-refractivity contribution is -0.140. The molecule has 2 aliphatic heterocycles. The van der Waals surface area contributed by atoms with Gasteiger partial charge >= 0.3 is 24.2 Å². The second-order valence-corrected chi connectivity index (χ2v) is 23.8. The van der Waals surface area contributed by atoms with Crippen LogP contribution in [0.1, 0.15) is 112 Å².